The first-order valence-electron chi connectivity index (χ1n) is 9.81. The smallest absolute Gasteiger partial charge is 0.330 e. The fraction of sp³-hybridized carbons (Fsp3) is 0.350. The van der Waals surface area contributed by atoms with Crippen LogP contribution in [0.25, 0.3) is 10.9 Å². The van der Waals surface area contributed by atoms with Crippen molar-refractivity contribution in [3.63, 3.8) is 0 Å². The van der Waals surface area contributed by atoms with Crippen LogP contribution in [0.3, 0.4) is 0 Å². The van der Waals surface area contributed by atoms with Crippen LogP contribution in [0.5, 0.6) is 0 Å². The molecule has 3 aromatic rings. The van der Waals surface area contributed by atoms with E-state index in [9.17, 15) is 34.8 Å². The highest BCUT2D eigenvalue weighted by Gasteiger charge is 2.47. The minimum atomic E-state index is -1.69. The molecule has 0 saturated carbocycles. The number of aliphatic carboxylic acids is 1. The quantitative estimate of drug-likeness (QED) is 0.200. The van der Waals surface area contributed by atoms with Gasteiger partial charge in [-0.3, -0.25) is 24.5 Å². The first-order chi connectivity index (χ1) is 15.3. The summed E-state index contributed by atoms with van der Waals surface area (Å²) in [4.78, 5) is 40.1. The highest BCUT2D eigenvalue weighted by Crippen LogP contribution is 2.30. The summed E-state index contributed by atoms with van der Waals surface area (Å²) in [6, 6.07) is 7.14. The van der Waals surface area contributed by atoms with Gasteiger partial charge in [0.15, 0.2) is 6.23 Å². The average molecular weight is 483 g/mol. The number of rotatable bonds is 7. The van der Waals surface area contributed by atoms with E-state index in [-0.39, 0.29) is 18.8 Å². The SMILES string of the molecule is Cl.O=C(O)[C@H](Cc1c[nH]c2ccccc12)NC(O)[C@H]1O[C@@H](n2ccc(=O)[nH]c2=O)[C@H](O)[C@@H]1O. The summed E-state index contributed by atoms with van der Waals surface area (Å²) in [5, 5.41) is 44.2. The van der Waals surface area contributed by atoms with Gasteiger partial charge in [-0.25, -0.2) is 4.79 Å². The Bertz CT molecular complexity index is 1240. The van der Waals surface area contributed by atoms with E-state index in [1.165, 1.54) is 0 Å². The zero-order valence-electron chi connectivity index (χ0n) is 17.0. The van der Waals surface area contributed by atoms with E-state index < -0.39 is 54.0 Å². The van der Waals surface area contributed by atoms with Gasteiger partial charge in [-0.1, -0.05) is 18.2 Å². The number of aliphatic hydroxyl groups excluding tert-OH is 3. The molecule has 1 saturated heterocycles. The summed E-state index contributed by atoms with van der Waals surface area (Å²) in [5.41, 5.74) is 0.0102. The number of ether oxygens (including phenoxy) is 1. The number of carboxylic acid groups (broad SMARTS) is 1. The molecule has 33 heavy (non-hydrogen) atoms. The summed E-state index contributed by atoms with van der Waals surface area (Å²) in [6.07, 6.45) is -4.99. The number of carboxylic acids is 1. The van der Waals surface area contributed by atoms with Crippen molar-refractivity contribution in [3.8, 4) is 0 Å². The van der Waals surface area contributed by atoms with Crippen molar-refractivity contribution in [1.29, 1.82) is 0 Å². The maximum absolute atomic E-state index is 12.0. The fourth-order valence-electron chi connectivity index (χ4n) is 3.84. The highest BCUT2D eigenvalue weighted by atomic mass is 35.5. The molecule has 12 nitrogen and oxygen atoms in total. The van der Waals surface area contributed by atoms with Gasteiger partial charge < -0.3 is 30.1 Å². The van der Waals surface area contributed by atoms with Crippen molar-refractivity contribution in [1.82, 2.24) is 19.9 Å². The molecule has 1 aliphatic heterocycles. The Hall–Kier alpha value is -3.00. The molecular formula is C20H23ClN4O8. The molecule has 1 aromatic carbocycles. The topological polar surface area (TPSA) is 190 Å². The molecule has 1 aliphatic rings. The molecule has 1 fully saturated rings. The molecule has 2 aromatic heterocycles. The Balaban J connectivity index is 0.00000306. The zero-order valence-corrected chi connectivity index (χ0v) is 17.8. The number of nitrogens with one attached hydrogen (secondary N) is 3. The number of halogens is 1. The first-order valence-corrected chi connectivity index (χ1v) is 9.81. The Morgan fingerprint density at radius 2 is 1.91 bits per heavy atom. The lowest BCUT2D eigenvalue weighted by molar-refractivity contribution is -0.143. The minimum absolute atomic E-state index is 0. The van der Waals surface area contributed by atoms with E-state index in [2.05, 4.69) is 10.3 Å². The molecule has 178 valence electrons. The lowest BCUT2D eigenvalue weighted by atomic mass is 10.0. The number of H-pyrrole nitrogens is 2. The summed E-state index contributed by atoms with van der Waals surface area (Å²) in [7, 11) is 0. The van der Waals surface area contributed by atoms with Crippen LogP contribution in [0, 0.1) is 0 Å². The van der Waals surface area contributed by atoms with E-state index in [1.807, 2.05) is 29.2 Å². The fourth-order valence-corrected chi connectivity index (χ4v) is 3.84. The normalized spacial score (nSPS) is 24.3. The van der Waals surface area contributed by atoms with Gasteiger partial charge in [0.25, 0.3) is 5.56 Å². The number of nitrogens with zero attached hydrogens (tertiary/aromatic N) is 1. The van der Waals surface area contributed by atoms with Gasteiger partial charge in [-0.15, -0.1) is 12.4 Å². The molecule has 3 heterocycles. The number of hydrogen-bond donors (Lipinski definition) is 7. The third-order valence-electron chi connectivity index (χ3n) is 5.48. The van der Waals surface area contributed by atoms with E-state index in [0.29, 0.717) is 5.56 Å². The lowest BCUT2D eigenvalue weighted by Crippen LogP contribution is -2.53. The Morgan fingerprint density at radius 3 is 2.61 bits per heavy atom. The second-order valence-corrected chi connectivity index (χ2v) is 7.56. The molecule has 0 bridgehead atoms. The summed E-state index contributed by atoms with van der Waals surface area (Å²) in [5.74, 6) is -1.24. The van der Waals surface area contributed by atoms with Crippen LogP contribution in [0.15, 0.2) is 52.3 Å². The van der Waals surface area contributed by atoms with Crippen LogP contribution in [0.2, 0.25) is 0 Å². The number of aromatic amines is 2. The van der Waals surface area contributed by atoms with Gasteiger partial charge in [0.1, 0.15) is 30.6 Å². The van der Waals surface area contributed by atoms with Crippen molar-refractivity contribution in [2.45, 2.75) is 43.2 Å². The Kier molecular flexibility index (Phi) is 7.37. The number of hydrogen-bond acceptors (Lipinski definition) is 8. The van der Waals surface area contributed by atoms with Crippen molar-refractivity contribution < 1.29 is 30.0 Å². The molecule has 0 amide bonds. The maximum atomic E-state index is 12.0. The summed E-state index contributed by atoms with van der Waals surface area (Å²) in [6.45, 7) is 0. The monoisotopic (exact) mass is 482 g/mol. The zero-order chi connectivity index (χ0) is 23.0. The predicted molar refractivity (Wildman–Crippen MR) is 117 cm³/mol. The van der Waals surface area contributed by atoms with Gasteiger partial charge >= 0.3 is 11.7 Å². The van der Waals surface area contributed by atoms with Gasteiger partial charge in [0, 0.05) is 35.8 Å². The van der Waals surface area contributed by atoms with Crippen molar-refractivity contribution >= 4 is 29.3 Å². The third kappa shape index (κ3) is 4.85. The number of benzene rings is 1. The average Bonchev–Trinajstić information content (AvgIpc) is 3.29. The Labute approximate surface area is 191 Å². The van der Waals surface area contributed by atoms with Crippen molar-refractivity contribution in [2.24, 2.45) is 0 Å². The first kappa shape index (κ1) is 24.6. The van der Waals surface area contributed by atoms with Gasteiger partial charge in [-0.05, 0) is 11.6 Å². The van der Waals surface area contributed by atoms with E-state index in [0.717, 1.165) is 27.7 Å². The second kappa shape index (κ2) is 9.87. The maximum Gasteiger partial charge on any atom is 0.330 e. The van der Waals surface area contributed by atoms with Gasteiger partial charge in [0.05, 0.1) is 0 Å². The van der Waals surface area contributed by atoms with Gasteiger partial charge in [-0.2, -0.15) is 0 Å². The summed E-state index contributed by atoms with van der Waals surface area (Å²) < 4.78 is 6.33. The van der Waals surface area contributed by atoms with Crippen LogP contribution < -0.4 is 16.6 Å². The summed E-state index contributed by atoms with van der Waals surface area (Å²) >= 11 is 0. The second-order valence-electron chi connectivity index (χ2n) is 7.56. The van der Waals surface area contributed by atoms with Crippen molar-refractivity contribution in [3.05, 3.63) is 69.1 Å². The number of fused-ring (bicyclic) bond motifs is 1. The molecule has 13 heteroatoms. The molecule has 4 rings (SSSR count). The molecule has 7 N–H and O–H groups in total. The number of para-hydroxylation sites is 1. The minimum Gasteiger partial charge on any atom is -0.480 e. The largest absolute Gasteiger partial charge is 0.480 e. The van der Waals surface area contributed by atoms with E-state index in [1.54, 1.807) is 6.20 Å². The van der Waals surface area contributed by atoms with Crippen LogP contribution in [0.4, 0.5) is 0 Å². The Morgan fingerprint density at radius 1 is 1.18 bits per heavy atom. The standard InChI is InChI=1S/C20H22N4O8.ClH/c25-13-5-6-24(20(31)23-13)18-15(27)14(26)16(32-18)17(28)22-12(19(29)30)7-9-8-21-11-4-2-1-3-10(9)11;/h1-6,8,12,14-18,21-22,26-28H,7H2,(H,29,30)(H,23,25,31);1H/t12-,14-,15+,16-,17?,18+;/m0./s1. The highest BCUT2D eigenvalue weighted by molar-refractivity contribution is 5.85. The number of aliphatic hydroxyl groups is 3. The molecule has 6 atom stereocenters. The molecular weight excluding hydrogens is 460 g/mol. The number of carbonyl (C=O) groups is 1. The van der Waals surface area contributed by atoms with Crippen molar-refractivity contribution in [2.75, 3.05) is 0 Å². The van der Waals surface area contributed by atoms with Gasteiger partial charge in [0.2, 0.25) is 0 Å². The third-order valence-corrected chi connectivity index (χ3v) is 5.48. The van der Waals surface area contributed by atoms with Crippen LogP contribution >= 0.6 is 12.4 Å². The van der Waals surface area contributed by atoms with Crippen LogP contribution in [0.1, 0.15) is 11.8 Å². The number of aromatic nitrogens is 3. The molecule has 0 spiro atoms. The molecule has 0 aliphatic carbocycles. The van der Waals surface area contributed by atoms with Crippen LogP contribution in [-0.2, 0) is 16.0 Å². The van der Waals surface area contributed by atoms with E-state index >= 15 is 0 Å². The molecule has 0 radical (unpaired) electrons. The predicted octanol–water partition coefficient (Wildman–Crippen LogP) is -1.34. The molecule has 1 unspecified atom stereocenters. The van der Waals surface area contributed by atoms with E-state index in [4.69, 9.17) is 4.74 Å². The lowest BCUT2D eigenvalue weighted by Gasteiger charge is -2.25. The van der Waals surface area contributed by atoms with Crippen LogP contribution in [-0.4, -0.2) is 71.5 Å².